The van der Waals surface area contributed by atoms with Crippen LogP contribution in [0.1, 0.15) is 26.7 Å². The Hall–Kier alpha value is -0.690. The van der Waals surface area contributed by atoms with E-state index < -0.39 is 0 Å². The van der Waals surface area contributed by atoms with Crippen molar-refractivity contribution in [3.63, 3.8) is 0 Å². The minimum absolute atomic E-state index is 0.0528. The first-order chi connectivity index (χ1) is 9.66. The van der Waals surface area contributed by atoms with E-state index in [1.165, 1.54) is 0 Å². The highest BCUT2D eigenvalue weighted by atomic mass is 16.6. The number of carbonyl (C=O) groups excluding carboxylic acids is 1. The summed E-state index contributed by atoms with van der Waals surface area (Å²) in [5.41, 5.74) is 0. The van der Waals surface area contributed by atoms with Gasteiger partial charge in [-0.3, -0.25) is 4.79 Å². The van der Waals surface area contributed by atoms with Gasteiger partial charge in [-0.1, -0.05) is 0 Å². The fourth-order valence-corrected chi connectivity index (χ4v) is 1.32. The number of hydrogen-bond donors (Lipinski definition) is 0. The standard InChI is InChI=1S/C14H28O6/c1-13(2)20-14(15)5-4-6-17-9-10-19-12-11-18-8-7-16-3/h13H,4-12H2,1-3H3. The summed E-state index contributed by atoms with van der Waals surface area (Å²) in [5.74, 6) is -0.173. The molecule has 0 saturated carbocycles. The van der Waals surface area contributed by atoms with E-state index in [4.69, 9.17) is 23.7 Å². The van der Waals surface area contributed by atoms with Gasteiger partial charge in [0.05, 0.1) is 45.7 Å². The molecule has 0 aromatic heterocycles. The average Bonchev–Trinajstić information content (AvgIpc) is 2.39. The van der Waals surface area contributed by atoms with Crippen molar-refractivity contribution in [3.05, 3.63) is 0 Å². The van der Waals surface area contributed by atoms with Gasteiger partial charge in [0.2, 0.25) is 0 Å². The fraction of sp³-hybridized carbons (Fsp3) is 0.929. The van der Waals surface area contributed by atoms with Gasteiger partial charge >= 0.3 is 5.97 Å². The summed E-state index contributed by atoms with van der Waals surface area (Å²) in [5, 5.41) is 0. The fourth-order valence-electron chi connectivity index (χ4n) is 1.32. The van der Waals surface area contributed by atoms with Crippen LogP contribution in [0.15, 0.2) is 0 Å². The summed E-state index contributed by atoms with van der Waals surface area (Å²) < 4.78 is 25.7. The number of esters is 1. The summed E-state index contributed by atoms with van der Waals surface area (Å²) in [7, 11) is 1.64. The molecule has 0 aromatic rings. The zero-order valence-electron chi connectivity index (χ0n) is 12.9. The molecule has 0 unspecified atom stereocenters. The van der Waals surface area contributed by atoms with Crippen LogP contribution >= 0.6 is 0 Å². The van der Waals surface area contributed by atoms with E-state index in [9.17, 15) is 4.79 Å². The Morgan fingerprint density at radius 1 is 0.850 bits per heavy atom. The Kier molecular flexibility index (Phi) is 14.2. The summed E-state index contributed by atoms with van der Waals surface area (Å²) >= 11 is 0. The summed E-state index contributed by atoms with van der Waals surface area (Å²) in [4.78, 5) is 11.2. The van der Waals surface area contributed by atoms with Gasteiger partial charge in [0.1, 0.15) is 0 Å². The van der Waals surface area contributed by atoms with E-state index >= 15 is 0 Å². The Morgan fingerprint density at radius 2 is 1.35 bits per heavy atom. The molecule has 0 radical (unpaired) electrons. The van der Waals surface area contributed by atoms with Crippen LogP contribution in [0.2, 0.25) is 0 Å². The van der Waals surface area contributed by atoms with Crippen LogP contribution in [-0.4, -0.2) is 65.4 Å². The van der Waals surface area contributed by atoms with E-state index in [2.05, 4.69) is 0 Å². The van der Waals surface area contributed by atoms with Gasteiger partial charge in [-0.2, -0.15) is 0 Å². The predicted molar refractivity (Wildman–Crippen MR) is 74.8 cm³/mol. The van der Waals surface area contributed by atoms with Crippen LogP contribution in [0.3, 0.4) is 0 Å². The molecule has 0 heterocycles. The van der Waals surface area contributed by atoms with Gasteiger partial charge in [-0.25, -0.2) is 0 Å². The lowest BCUT2D eigenvalue weighted by molar-refractivity contribution is -0.147. The molecule has 0 saturated heterocycles. The molecule has 0 atom stereocenters. The smallest absolute Gasteiger partial charge is 0.306 e. The maximum atomic E-state index is 11.2. The predicted octanol–water partition coefficient (Wildman–Crippen LogP) is 1.41. The van der Waals surface area contributed by atoms with Gasteiger partial charge in [-0.15, -0.1) is 0 Å². The summed E-state index contributed by atoms with van der Waals surface area (Å²) in [6, 6.07) is 0. The number of methoxy groups -OCH3 is 1. The Balaban J connectivity index is 3.08. The monoisotopic (exact) mass is 292 g/mol. The highest BCUT2D eigenvalue weighted by Gasteiger charge is 2.04. The van der Waals surface area contributed by atoms with Crippen molar-refractivity contribution >= 4 is 5.97 Å². The van der Waals surface area contributed by atoms with E-state index in [1.807, 2.05) is 13.8 Å². The first kappa shape index (κ1) is 19.3. The molecule has 0 fully saturated rings. The third-order valence-corrected chi connectivity index (χ3v) is 2.21. The minimum atomic E-state index is -0.173. The molecule has 20 heavy (non-hydrogen) atoms. The second-order valence-corrected chi connectivity index (χ2v) is 4.47. The Morgan fingerprint density at radius 3 is 1.85 bits per heavy atom. The third kappa shape index (κ3) is 15.4. The maximum Gasteiger partial charge on any atom is 0.306 e. The van der Waals surface area contributed by atoms with Gasteiger partial charge in [0, 0.05) is 20.1 Å². The average molecular weight is 292 g/mol. The zero-order valence-corrected chi connectivity index (χ0v) is 12.9. The Bertz CT molecular complexity index is 220. The highest BCUT2D eigenvalue weighted by Crippen LogP contribution is 1.97. The lowest BCUT2D eigenvalue weighted by atomic mass is 10.3. The number of ether oxygens (including phenoxy) is 5. The molecule has 120 valence electrons. The van der Waals surface area contributed by atoms with Gasteiger partial charge in [-0.05, 0) is 20.3 Å². The summed E-state index contributed by atoms with van der Waals surface area (Å²) in [6.07, 6.45) is 1.01. The van der Waals surface area contributed by atoms with Crippen molar-refractivity contribution < 1.29 is 28.5 Å². The third-order valence-electron chi connectivity index (χ3n) is 2.21. The lowest BCUT2D eigenvalue weighted by Gasteiger charge is -2.08. The number of hydrogen-bond acceptors (Lipinski definition) is 6. The maximum absolute atomic E-state index is 11.2. The topological polar surface area (TPSA) is 63.2 Å². The van der Waals surface area contributed by atoms with Crippen LogP contribution in [0, 0.1) is 0 Å². The minimum Gasteiger partial charge on any atom is -0.463 e. The number of carbonyl (C=O) groups is 1. The first-order valence-electron chi connectivity index (χ1n) is 7.08. The largest absolute Gasteiger partial charge is 0.463 e. The highest BCUT2D eigenvalue weighted by molar-refractivity contribution is 5.69. The van der Waals surface area contributed by atoms with Crippen molar-refractivity contribution in [2.45, 2.75) is 32.8 Å². The van der Waals surface area contributed by atoms with Crippen LogP contribution in [-0.2, 0) is 28.5 Å². The van der Waals surface area contributed by atoms with Gasteiger partial charge < -0.3 is 23.7 Å². The van der Waals surface area contributed by atoms with Crippen LogP contribution in [0.5, 0.6) is 0 Å². The van der Waals surface area contributed by atoms with E-state index in [0.29, 0.717) is 59.1 Å². The second kappa shape index (κ2) is 14.7. The quantitative estimate of drug-likeness (QED) is 0.356. The molecule has 0 aliphatic rings. The van der Waals surface area contributed by atoms with Gasteiger partial charge in [0.25, 0.3) is 0 Å². The molecule has 0 spiro atoms. The normalized spacial score (nSPS) is 11.0. The molecule has 6 nitrogen and oxygen atoms in total. The molecular weight excluding hydrogens is 264 g/mol. The molecule has 0 aromatic carbocycles. The van der Waals surface area contributed by atoms with Crippen molar-refractivity contribution in [1.29, 1.82) is 0 Å². The second-order valence-electron chi connectivity index (χ2n) is 4.47. The van der Waals surface area contributed by atoms with E-state index in [1.54, 1.807) is 7.11 Å². The molecule has 0 bridgehead atoms. The molecule has 0 aliphatic carbocycles. The molecule has 0 rings (SSSR count). The molecule has 6 heteroatoms. The molecule has 0 N–H and O–H groups in total. The Labute approximate surface area is 121 Å². The zero-order chi connectivity index (χ0) is 15.1. The molecule has 0 aliphatic heterocycles. The van der Waals surface area contributed by atoms with Crippen molar-refractivity contribution in [1.82, 2.24) is 0 Å². The van der Waals surface area contributed by atoms with Crippen molar-refractivity contribution in [2.75, 3.05) is 53.4 Å². The first-order valence-corrected chi connectivity index (χ1v) is 7.08. The van der Waals surface area contributed by atoms with Crippen LogP contribution in [0.4, 0.5) is 0 Å². The SMILES string of the molecule is COCCOCCOCCOCCCC(=O)OC(C)C. The lowest BCUT2D eigenvalue weighted by Crippen LogP contribution is -2.13. The molecular formula is C14H28O6. The van der Waals surface area contributed by atoms with E-state index in [-0.39, 0.29) is 12.1 Å². The summed E-state index contributed by atoms with van der Waals surface area (Å²) in [6.45, 7) is 7.57. The van der Waals surface area contributed by atoms with Crippen molar-refractivity contribution in [2.24, 2.45) is 0 Å². The van der Waals surface area contributed by atoms with Crippen molar-refractivity contribution in [3.8, 4) is 0 Å². The van der Waals surface area contributed by atoms with Gasteiger partial charge in [0.15, 0.2) is 0 Å². The molecule has 0 amide bonds. The number of rotatable bonds is 14. The van der Waals surface area contributed by atoms with E-state index in [0.717, 1.165) is 0 Å². The van der Waals surface area contributed by atoms with Crippen LogP contribution < -0.4 is 0 Å². The van der Waals surface area contributed by atoms with Crippen LogP contribution in [0.25, 0.3) is 0 Å².